The van der Waals surface area contributed by atoms with Crippen LogP contribution in [0.5, 0.6) is 0 Å². The molecule has 1 aliphatic heterocycles. The first-order valence-corrected chi connectivity index (χ1v) is 8.91. The van der Waals surface area contributed by atoms with Gasteiger partial charge in [0.1, 0.15) is 5.82 Å². The number of rotatable bonds is 6. The fourth-order valence-electron chi connectivity index (χ4n) is 3.50. The lowest BCUT2D eigenvalue weighted by Gasteiger charge is -2.28. The van der Waals surface area contributed by atoms with E-state index in [0.717, 1.165) is 30.6 Å². The molecule has 4 nitrogen and oxygen atoms in total. The van der Waals surface area contributed by atoms with E-state index < -0.39 is 0 Å². The average Bonchev–Trinajstić information content (AvgIpc) is 3.11. The van der Waals surface area contributed by atoms with E-state index in [-0.39, 0.29) is 17.8 Å². The van der Waals surface area contributed by atoms with Crippen molar-refractivity contribution in [2.75, 3.05) is 24.5 Å². The topological polar surface area (TPSA) is 47.3 Å². The number of anilines is 1. The Bertz CT molecular complexity index is 770. The Kier molecular flexibility index (Phi) is 5.98. The van der Waals surface area contributed by atoms with Crippen LogP contribution >= 0.6 is 0 Å². The first-order valence-electron chi connectivity index (χ1n) is 8.91. The van der Waals surface area contributed by atoms with Crippen LogP contribution < -0.4 is 4.90 Å². The highest BCUT2D eigenvalue weighted by Gasteiger charge is 2.29. The maximum absolute atomic E-state index is 13.2. The van der Waals surface area contributed by atoms with E-state index in [2.05, 4.69) is 11.0 Å². The molecule has 2 aromatic carbocycles. The third kappa shape index (κ3) is 4.27. The van der Waals surface area contributed by atoms with Gasteiger partial charge in [-0.2, -0.15) is 5.26 Å². The van der Waals surface area contributed by atoms with Gasteiger partial charge in [0.15, 0.2) is 0 Å². The molecule has 1 saturated heterocycles. The summed E-state index contributed by atoms with van der Waals surface area (Å²) in [7, 11) is 0. The number of amides is 1. The SMILES string of the molecule is N#CCCN(C(=O)CN1CCC[C@@H]1c1ccc(F)cc1)c1ccccc1. The van der Waals surface area contributed by atoms with Gasteiger partial charge in [-0.25, -0.2) is 4.39 Å². The Hall–Kier alpha value is -2.71. The van der Waals surface area contributed by atoms with Crippen molar-refractivity contribution >= 4 is 11.6 Å². The van der Waals surface area contributed by atoms with Crippen molar-refractivity contribution in [3.05, 3.63) is 66.0 Å². The van der Waals surface area contributed by atoms with Crippen LogP contribution in [0.2, 0.25) is 0 Å². The molecule has 0 radical (unpaired) electrons. The number of halogens is 1. The van der Waals surface area contributed by atoms with Gasteiger partial charge in [0.05, 0.1) is 19.0 Å². The van der Waals surface area contributed by atoms with Crippen molar-refractivity contribution in [3.63, 3.8) is 0 Å². The minimum Gasteiger partial charge on any atom is -0.310 e. The van der Waals surface area contributed by atoms with Crippen LogP contribution in [0.25, 0.3) is 0 Å². The van der Waals surface area contributed by atoms with Crippen molar-refractivity contribution in [2.45, 2.75) is 25.3 Å². The van der Waals surface area contributed by atoms with Gasteiger partial charge in [0.2, 0.25) is 5.91 Å². The molecular weight excluding hydrogens is 329 g/mol. The molecule has 0 N–H and O–H groups in total. The number of hydrogen-bond acceptors (Lipinski definition) is 3. The van der Waals surface area contributed by atoms with Gasteiger partial charge in [-0.05, 0) is 49.2 Å². The zero-order valence-corrected chi connectivity index (χ0v) is 14.6. The van der Waals surface area contributed by atoms with Gasteiger partial charge in [0.25, 0.3) is 0 Å². The lowest BCUT2D eigenvalue weighted by Crippen LogP contribution is -2.40. The standard InChI is InChI=1S/C21H22FN3O/c22-18-11-9-17(10-12-18)20-8-4-14-24(20)16-21(26)25(15-5-13-23)19-6-2-1-3-7-19/h1-3,6-7,9-12,20H,4-5,8,14-16H2/t20-/m1/s1. The molecule has 1 amide bonds. The third-order valence-electron chi connectivity index (χ3n) is 4.77. The van der Waals surface area contributed by atoms with Gasteiger partial charge in [0, 0.05) is 18.3 Å². The van der Waals surface area contributed by atoms with E-state index in [1.165, 1.54) is 12.1 Å². The normalized spacial score (nSPS) is 17.0. The van der Waals surface area contributed by atoms with Crippen molar-refractivity contribution in [3.8, 4) is 6.07 Å². The summed E-state index contributed by atoms with van der Waals surface area (Å²) >= 11 is 0. The van der Waals surface area contributed by atoms with Crippen molar-refractivity contribution in [1.82, 2.24) is 4.90 Å². The van der Waals surface area contributed by atoms with Crippen molar-refractivity contribution < 1.29 is 9.18 Å². The van der Waals surface area contributed by atoms with Crippen molar-refractivity contribution in [1.29, 1.82) is 5.26 Å². The molecule has 1 aliphatic rings. The summed E-state index contributed by atoms with van der Waals surface area (Å²) in [5.74, 6) is -0.262. The van der Waals surface area contributed by atoms with Crippen LogP contribution in [0.3, 0.4) is 0 Å². The second-order valence-electron chi connectivity index (χ2n) is 6.47. The van der Waals surface area contributed by atoms with Crippen LogP contribution in [0.1, 0.15) is 30.9 Å². The summed E-state index contributed by atoms with van der Waals surface area (Å²) in [4.78, 5) is 16.8. The molecule has 0 saturated carbocycles. The minimum absolute atomic E-state index is 0.0135. The van der Waals surface area contributed by atoms with Gasteiger partial charge in [-0.1, -0.05) is 30.3 Å². The molecule has 0 unspecified atom stereocenters. The molecule has 3 rings (SSSR count). The summed E-state index contributed by atoms with van der Waals surface area (Å²) in [6.45, 7) is 1.52. The van der Waals surface area contributed by atoms with E-state index >= 15 is 0 Å². The number of likely N-dealkylation sites (tertiary alicyclic amines) is 1. The highest BCUT2D eigenvalue weighted by Crippen LogP contribution is 2.32. The zero-order valence-electron chi connectivity index (χ0n) is 14.6. The molecular formula is C21H22FN3O. The van der Waals surface area contributed by atoms with Crippen LogP contribution in [0.15, 0.2) is 54.6 Å². The first-order chi connectivity index (χ1) is 12.7. The molecule has 2 aromatic rings. The third-order valence-corrected chi connectivity index (χ3v) is 4.77. The predicted molar refractivity (Wildman–Crippen MR) is 99.0 cm³/mol. The van der Waals surface area contributed by atoms with E-state index in [1.54, 1.807) is 17.0 Å². The zero-order chi connectivity index (χ0) is 18.4. The molecule has 1 atom stereocenters. The summed E-state index contributed by atoms with van der Waals surface area (Å²) in [6, 6.07) is 18.2. The highest BCUT2D eigenvalue weighted by atomic mass is 19.1. The molecule has 0 aromatic heterocycles. The first kappa shape index (κ1) is 18.1. The Balaban J connectivity index is 1.73. The Morgan fingerprint density at radius 3 is 2.62 bits per heavy atom. The maximum atomic E-state index is 13.2. The van der Waals surface area contributed by atoms with Gasteiger partial charge < -0.3 is 4.90 Å². The Morgan fingerprint density at radius 2 is 1.92 bits per heavy atom. The van der Waals surface area contributed by atoms with Crippen LogP contribution in [0.4, 0.5) is 10.1 Å². The number of benzene rings is 2. The van der Waals surface area contributed by atoms with E-state index in [0.29, 0.717) is 19.5 Å². The summed E-state index contributed by atoms with van der Waals surface area (Å²) in [5, 5.41) is 8.91. The minimum atomic E-state index is -0.249. The largest absolute Gasteiger partial charge is 0.310 e. The molecule has 134 valence electrons. The molecule has 1 heterocycles. The van der Waals surface area contributed by atoms with Gasteiger partial charge >= 0.3 is 0 Å². The number of carbonyl (C=O) groups excluding carboxylic acids is 1. The predicted octanol–water partition coefficient (Wildman–Crippen LogP) is 3.91. The molecule has 0 bridgehead atoms. The number of nitriles is 1. The van der Waals surface area contributed by atoms with E-state index in [9.17, 15) is 9.18 Å². The number of para-hydroxylation sites is 1. The second kappa shape index (κ2) is 8.59. The number of nitrogens with zero attached hydrogens (tertiary/aromatic N) is 3. The molecule has 0 aliphatic carbocycles. The lowest BCUT2D eigenvalue weighted by atomic mass is 10.0. The smallest absolute Gasteiger partial charge is 0.241 e. The monoisotopic (exact) mass is 351 g/mol. The molecule has 1 fully saturated rings. The maximum Gasteiger partial charge on any atom is 0.241 e. The summed E-state index contributed by atoms with van der Waals surface area (Å²) in [5.41, 5.74) is 1.85. The van der Waals surface area contributed by atoms with Crippen LogP contribution in [0, 0.1) is 17.1 Å². The van der Waals surface area contributed by atoms with E-state index in [4.69, 9.17) is 5.26 Å². The quantitative estimate of drug-likeness (QED) is 0.793. The van der Waals surface area contributed by atoms with Crippen LogP contribution in [-0.4, -0.2) is 30.4 Å². The number of carbonyl (C=O) groups is 1. The summed E-state index contributed by atoms with van der Waals surface area (Å²) in [6.07, 6.45) is 2.27. The van der Waals surface area contributed by atoms with Crippen LogP contribution in [-0.2, 0) is 4.79 Å². The Labute approximate surface area is 153 Å². The van der Waals surface area contributed by atoms with Crippen molar-refractivity contribution in [2.24, 2.45) is 0 Å². The molecule has 5 heteroatoms. The number of hydrogen-bond donors (Lipinski definition) is 0. The lowest BCUT2D eigenvalue weighted by molar-refractivity contribution is -0.120. The molecule has 0 spiro atoms. The molecule has 26 heavy (non-hydrogen) atoms. The van der Waals surface area contributed by atoms with Gasteiger partial charge in [-0.15, -0.1) is 0 Å². The Morgan fingerprint density at radius 1 is 1.19 bits per heavy atom. The van der Waals surface area contributed by atoms with Gasteiger partial charge in [-0.3, -0.25) is 9.69 Å². The fourth-order valence-corrected chi connectivity index (χ4v) is 3.50. The fraction of sp³-hybridized carbons (Fsp3) is 0.333. The highest BCUT2D eigenvalue weighted by molar-refractivity contribution is 5.94. The summed E-state index contributed by atoms with van der Waals surface area (Å²) < 4.78 is 13.2. The van der Waals surface area contributed by atoms with E-state index in [1.807, 2.05) is 30.3 Å². The average molecular weight is 351 g/mol. The second-order valence-corrected chi connectivity index (χ2v) is 6.47.